The lowest BCUT2D eigenvalue weighted by molar-refractivity contribution is 0.195. The Morgan fingerprint density at radius 2 is 2.43 bits per heavy atom. The Kier molecular flexibility index (Phi) is 5.83. The molecular formula is C11H19NOS. The fraction of sp³-hybridized carbons (Fsp3) is 0.636. The van der Waals surface area contributed by atoms with Crippen LogP contribution in [0.4, 0.5) is 0 Å². The van der Waals surface area contributed by atoms with Gasteiger partial charge in [0.1, 0.15) is 0 Å². The van der Waals surface area contributed by atoms with Gasteiger partial charge in [-0.3, -0.25) is 0 Å². The molecule has 1 aromatic rings. The van der Waals surface area contributed by atoms with Crippen molar-refractivity contribution in [3.63, 3.8) is 0 Å². The van der Waals surface area contributed by atoms with Crippen LogP contribution < -0.4 is 5.32 Å². The van der Waals surface area contributed by atoms with Gasteiger partial charge in [-0.2, -0.15) is 0 Å². The first-order valence-electron chi connectivity index (χ1n) is 5.11. The molecule has 0 aromatic carbocycles. The molecule has 1 atom stereocenters. The molecule has 14 heavy (non-hydrogen) atoms. The molecule has 3 heteroatoms. The van der Waals surface area contributed by atoms with Crippen LogP contribution in [0, 0.1) is 0 Å². The normalized spacial score (nSPS) is 13.0. The van der Waals surface area contributed by atoms with Gasteiger partial charge in [0.2, 0.25) is 0 Å². The summed E-state index contributed by atoms with van der Waals surface area (Å²) in [5.74, 6) is 0. The molecule has 0 aliphatic heterocycles. The van der Waals surface area contributed by atoms with Crippen LogP contribution in [0.5, 0.6) is 0 Å². The number of hydrogen-bond acceptors (Lipinski definition) is 3. The van der Waals surface area contributed by atoms with Crippen LogP contribution in [0.3, 0.4) is 0 Å². The van der Waals surface area contributed by atoms with E-state index in [0.717, 1.165) is 19.6 Å². The minimum absolute atomic E-state index is 0.587. The third-order valence-electron chi connectivity index (χ3n) is 2.26. The molecule has 0 radical (unpaired) electrons. The highest BCUT2D eigenvalue weighted by atomic mass is 32.1. The fourth-order valence-electron chi connectivity index (χ4n) is 1.40. The van der Waals surface area contributed by atoms with Crippen molar-refractivity contribution in [1.29, 1.82) is 0 Å². The second-order valence-corrected chi connectivity index (χ2v) is 4.37. The van der Waals surface area contributed by atoms with E-state index in [0.29, 0.717) is 6.04 Å². The lowest BCUT2D eigenvalue weighted by Crippen LogP contribution is -2.32. The Labute approximate surface area is 90.3 Å². The van der Waals surface area contributed by atoms with Gasteiger partial charge in [-0.15, -0.1) is 11.3 Å². The monoisotopic (exact) mass is 213 g/mol. The van der Waals surface area contributed by atoms with E-state index in [1.807, 2.05) is 11.3 Å². The standard InChI is InChI=1S/C11H19NOS/c1-3-10(12-6-7-13-2)9-11-5-4-8-14-11/h4-5,8,10,12H,3,6-7,9H2,1-2H3. The van der Waals surface area contributed by atoms with Crippen LogP contribution in [0.2, 0.25) is 0 Å². The van der Waals surface area contributed by atoms with Gasteiger partial charge in [-0.05, 0) is 24.3 Å². The van der Waals surface area contributed by atoms with Crippen LogP contribution in [0.25, 0.3) is 0 Å². The third-order valence-corrected chi connectivity index (χ3v) is 3.16. The second kappa shape index (κ2) is 6.98. The summed E-state index contributed by atoms with van der Waals surface area (Å²) >= 11 is 1.83. The molecule has 0 fully saturated rings. The summed E-state index contributed by atoms with van der Waals surface area (Å²) in [6.07, 6.45) is 2.31. The molecular weight excluding hydrogens is 194 g/mol. The summed E-state index contributed by atoms with van der Waals surface area (Å²) in [5, 5.41) is 5.63. The van der Waals surface area contributed by atoms with E-state index in [-0.39, 0.29) is 0 Å². The van der Waals surface area contributed by atoms with Crippen molar-refractivity contribution >= 4 is 11.3 Å². The Bertz CT molecular complexity index is 223. The number of ether oxygens (including phenoxy) is 1. The topological polar surface area (TPSA) is 21.3 Å². The van der Waals surface area contributed by atoms with Crippen molar-refractivity contribution in [2.24, 2.45) is 0 Å². The zero-order valence-electron chi connectivity index (χ0n) is 8.95. The molecule has 1 rings (SSSR count). The summed E-state index contributed by atoms with van der Waals surface area (Å²) in [5.41, 5.74) is 0. The predicted molar refractivity (Wildman–Crippen MR) is 62.0 cm³/mol. The summed E-state index contributed by atoms with van der Waals surface area (Å²) in [6.45, 7) is 3.96. The lowest BCUT2D eigenvalue weighted by atomic mass is 10.1. The van der Waals surface area contributed by atoms with Gasteiger partial charge < -0.3 is 10.1 Å². The molecule has 80 valence electrons. The number of rotatable bonds is 7. The Balaban J connectivity index is 2.24. The fourth-order valence-corrected chi connectivity index (χ4v) is 2.18. The van der Waals surface area contributed by atoms with Crippen LogP contribution >= 0.6 is 11.3 Å². The summed E-state index contributed by atoms with van der Waals surface area (Å²) < 4.78 is 5.01. The average molecular weight is 213 g/mol. The van der Waals surface area contributed by atoms with E-state index in [4.69, 9.17) is 4.74 Å². The van der Waals surface area contributed by atoms with Crippen molar-refractivity contribution in [1.82, 2.24) is 5.32 Å². The minimum atomic E-state index is 0.587. The van der Waals surface area contributed by atoms with Crippen LogP contribution in [-0.4, -0.2) is 26.3 Å². The van der Waals surface area contributed by atoms with Crippen molar-refractivity contribution in [3.05, 3.63) is 22.4 Å². The van der Waals surface area contributed by atoms with Gasteiger partial charge in [-0.25, -0.2) is 0 Å². The summed E-state index contributed by atoms with van der Waals surface area (Å²) in [7, 11) is 1.74. The largest absolute Gasteiger partial charge is 0.383 e. The first-order chi connectivity index (χ1) is 6.86. The van der Waals surface area contributed by atoms with E-state index >= 15 is 0 Å². The summed E-state index contributed by atoms with van der Waals surface area (Å²) in [6, 6.07) is 4.90. The molecule has 0 aliphatic carbocycles. The molecule has 1 heterocycles. The quantitative estimate of drug-likeness (QED) is 0.702. The van der Waals surface area contributed by atoms with Crippen molar-refractivity contribution in [2.75, 3.05) is 20.3 Å². The maximum absolute atomic E-state index is 5.01. The maximum atomic E-state index is 5.01. The molecule has 0 saturated heterocycles. The molecule has 0 aliphatic rings. The Morgan fingerprint density at radius 1 is 1.57 bits per heavy atom. The zero-order valence-corrected chi connectivity index (χ0v) is 9.77. The first-order valence-corrected chi connectivity index (χ1v) is 5.99. The lowest BCUT2D eigenvalue weighted by Gasteiger charge is -2.15. The van der Waals surface area contributed by atoms with E-state index in [1.165, 1.54) is 11.3 Å². The Morgan fingerprint density at radius 3 is 3.00 bits per heavy atom. The highest BCUT2D eigenvalue weighted by Crippen LogP contribution is 2.12. The molecule has 2 nitrogen and oxygen atoms in total. The maximum Gasteiger partial charge on any atom is 0.0587 e. The predicted octanol–water partition coefficient (Wildman–Crippen LogP) is 2.31. The number of nitrogens with one attached hydrogen (secondary N) is 1. The van der Waals surface area contributed by atoms with Crippen molar-refractivity contribution in [2.45, 2.75) is 25.8 Å². The zero-order chi connectivity index (χ0) is 10.2. The molecule has 0 saturated carbocycles. The molecule has 0 spiro atoms. The number of thiophene rings is 1. The van der Waals surface area contributed by atoms with Gasteiger partial charge in [0.15, 0.2) is 0 Å². The van der Waals surface area contributed by atoms with E-state index in [2.05, 4.69) is 29.8 Å². The number of methoxy groups -OCH3 is 1. The smallest absolute Gasteiger partial charge is 0.0587 e. The van der Waals surface area contributed by atoms with Gasteiger partial charge in [0.05, 0.1) is 6.61 Å². The molecule has 0 bridgehead atoms. The first kappa shape index (κ1) is 11.7. The van der Waals surface area contributed by atoms with Gasteiger partial charge in [0, 0.05) is 24.6 Å². The summed E-state index contributed by atoms with van der Waals surface area (Å²) in [4.78, 5) is 1.46. The third kappa shape index (κ3) is 4.22. The van der Waals surface area contributed by atoms with Gasteiger partial charge >= 0.3 is 0 Å². The highest BCUT2D eigenvalue weighted by Gasteiger charge is 2.06. The van der Waals surface area contributed by atoms with E-state index < -0.39 is 0 Å². The van der Waals surface area contributed by atoms with Crippen LogP contribution in [0.1, 0.15) is 18.2 Å². The highest BCUT2D eigenvalue weighted by molar-refractivity contribution is 7.09. The number of hydrogen-bond donors (Lipinski definition) is 1. The van der Waals surface area contributed by atoms with Gasteiger partial charge in [0.25, 0.3) is 0 Å². The van der Waals surface area contributed by atoms with Gasteiger partial charge in [-0.1, -0.05) is 13.0 Å². The SMILES string of the molecule is CCC(Cc1cccs1)NCCOC. The molecule has 0 amide bonds. The average Bonchev–Trinajstić information content (AvgIpc) is 2.69. The Hall–Kier alpha value is -0.380. The van der Waals surface area contributed by atoms with Crippen molar-refractivity contribution in [3.8, 4) is 0 Å². The molecule has 1 N–H and O–H groups in total. The molecule has 1 unspecified atom stereocenters. The van der Waals surface area contributed by atoms with Crippen molar-refractivity contribution < 1.29 is 4.74 Å². The minimum Gasteiger partial charge on any atom is -0.383 e. The van der Waals surface area contributed by atoms with Crippen LogP contribution in [0.15, 0.2) is 17.5 Å². The van der Waals surface area contributed by atoms with E-state index in [1.54, 1.807) is 7.11 Å². The van der Waals surface area contributed by atoms with Crippen LogP contribution in [-0.2, 0) is 11.2 Å². The second-order valence-electron chi connectivity index (χ2n) is 3.34. The molecule has 1 aromatic heterocycles. The van der Waals surface area contributed by atoms with E-state index in [9.17, 15) is 0 Å².